The molecule has 56 valence electrons. The van der Waals surface area contributed by atoms with Crippen molar-refractivity contribution in [2.24, 2.45) is 5.41 Å². The highest BCUT2D eigenvalue weighted by atomic mass is 79.9. The van der Waals surface area contributed by atoms with E-state index < -0.39 is 0 Å². The fourth-order valence-corrected chi connectivity index (χ4v) is 2.34. The van der Waals surface area contributed by atoms with Crippen LogP contribution >= 0.6 is 15.9 Å². The maximum absolute atomic E-state index is 11.1. The van der Waals surface area contributed by atoms with Gasteiger partial charge in [-0.25, -0.2) is 0 Å². The van der Waals surface area contributed by atoms with Gasteiger partial charge in [0.25, 0.3) is 0 Å². The Hall–Kier alpha value is 0.110. The Morgan fingerprint density at radius 2 is 2.50 bits per heavy atom. The van der Waals surface area contributed by atoms with Gasteiger partial charge in [0.05, 0.1) is 18.1 Å². The van der Waals surface area contributed by atoms with Gasteiger partial charge in [-0.1, -0.05) is 0 Å². The lowest BCUT2D eigenvalue weighted by atomic mass is 9.90. The Balaban J connectivity index is 2.23. The van der Waals surface area contributed by atoms with Crippen molar-refractivity contribution < 1.29 is 9.53 Å². The lowest BCUT2D eigenvalue weighted by Crippen LogP contribution is -2.26. The van der Waals surface area contributed by atoms with Crippen molar-refractivity contribution in [3.05, 3.63) is 0 Å². The molecule has 2 nitrogen and oxygen atoms in total. The molecule has 2 atom stereocenters. The molecule has 1 aliphatic carbocycles. The van der Waals surface area contributed by atoms with Crippen molar-refractivity contribution >= 4 is 20.6 Å². The molecule has 0 spiro atoms. The van der Waals surface area contributed by atoms with Crippen LogP contribution in [0.25, 0.3) is 0 Å². The molecule has 1 heterocycles. The fourth-order valence-electron chi connectivity index (χ4n) is 1.86. The zero-order valence-electron chi connectivity index (χ0n) is 5.60. The predicted molar refractivity (Wildman–Crippen MR) is 40.0 cm³/mol. The van der Waals surface area contributed by atoms with E-state index in [1.54, 1.807) is 0 Å². The van der Waals surface area contributed by atoms with Crippen molar-refractivity contribution in [1.82, 2.24) is 0 Å². The smallest absolute Gasteiger partial charge is 0.206 e. The largest absolute Gasteiger partial charge is 0.377 e. The molecular weight excluding hydrogens is 196 g/mol. The molecule has 0 N–H and O–H groups in total. The lowest BCUT2D eigenvalue weighted by molar-refractivity contribution is -0.120. The van der Waals surface area contributed by atoms with Crippen molar-refractivity contribution in [1.29, 1.82) is 0 Å². The van der Waals surface area contributed by atoms with Crippen LogP contribution in [0.4, 0.5) is 0 Å². The van der Waals surface area contributed by atoms with Gasteiger partial charge in [0.2, 0.25) is 4.69 Å². The zero-order valence-corrected chi connectivity index (χ0v) is 7.19. The van der Waals surface area contributed by atoms with Crippen LogP contribution in [0.1, 0.15) is 19.3 Å². The average molecular weight is 205 g/mol. The summed E-state index contributed by atoms with van der Waals surface area (Å²) in [6.07, 6.45) is 3.40. The van der Waals surface area contributed by atoms with Gasteiger partial charge >= 0.3 is 0 Å². The maximum atomic E-state index is 11.1. The SMILES string of the molecule is O=C(Br)C12CCC(C1)OC2. The molecule has 0 aromatic heterocycles. The first-order valence-electron chi connectivity index (χ1n) is 3.54. The number of fused-ring (bicyclic) bond motifs is 2. The van der Waals surface area contributed by atoms with E-state index >= 15 is 0 Å². The second-order valence-corrected chi connectivity index (χ2v) is 3.95. The first-order chi connectivity index (χ1) is 4.73. The number of halogens is 1. The van der Waals surface area contributed by atoms with E-state index in [4.69, 9.17) is 4.74 Å². The van der Waals surface area contributed by atoms with Crippen LogP contribution in [-0.4, -0.2) is 17.4 Å². The predicted octanol–water partition coefficient (Wildman–Crippen LogP) is 1.48. The zero-order chi connectivity index (χ0) is 7.19. The molecule has 2 fully saturated rings. The molecule has 2 aliphatic rings. The van der Waals surface area contributed by atoms with Crippen LogP contribution in [0.2, 0.25) is 0 Å². The first-order valence-corrected chi connectivity index (χ1v) is 4.34. The van der Waals surface area contributed by atoms with E-state index in [-0.39, 0.29) is 10.1 Å². The Morgan fingerprint density at radius 3 is 2.70 bits per heavy atom. The van der Waals surface area contributed by atoms with Crippen LogP contribution < -0.4 is 0 Å². The van der Waals surface area contributed by atoms with Crippen LogP contribution in [0.3, 0.4) is 0 Å². The molecule has 0 amide bonds. The fraction of sp³-hybridized carbons (Fsp3) is 0.857. The highest BCUT2D eigenvalue weighted by molar-refractivity contribution is 9.18. The summed E-state index contributed by atoms with van der Waals surface area (Å²) in [5, 5.41) is 0. The van der Waals surface area contributed by atoms with Crippen molar-refractivity contribution in [2.45, 2.75) is 25.4 Å². The molecule has 2 unspecified atom stereocenters. The molecule has 10 heavy (non-hydrogen) atoms. The van der Waals surface area contributed by atoms with E-state index in [0.29, 0.717) is 12.7 Å². The third-order valence-electron chi connectivity index (χ3n) is 2.58. The van der Waals surface area contributed by atoms with Crippen molar-refractivity contribution in [2.75, 3.05) is 6.61 Å². The summed E-state index contributed by atoms with van der Waals surface area (Å²) in [5.41, 5.74) is -0.134. The summed E-state index contributed by atoms with van der Waals surface area (Å²) in [5.74, 6) is 0. The first kappa shape index (κ1) is 6.80. The summed E-state index contributed by atoms with van der Waals surface area (Å²) < 4.78 is 5.50. The minimum absolute atomic E-state index is 0.134. The molecule has 2 rings (SSSR count). The Kier molecular flexibility index (Phi) is 1.39. The molecule has 0 radical (unpaired) electrons. The van der Waals surface area contributed by atoms with Gasteiger partial charge in [-0.2, -0.15) is 0 Å². The van der Waals surface area contributed by atoms with Gasteiger partial charge in [0, 0.05) is 0 Å². The number of hydrogen-bond donors (Lipinski definition) is 0. The lowest BCUT2D eigenvalue weighted by Gasteiger charge is -2.20. The highest BCUT2D eigenvalue weighted by Crippen LogP contribution is 2.47. The minimum Gasteiger partial charge on any atom is -0.377 e. The maximum Gasteiger partial charge on any atom is 0.206 e. The number of carbonyl (C=O) groups is 1. The quantitative estimate of drug-likeness (QED) is 0.606. The van der Waals surface area contributed by atoms with Crippen LogP contribution in [0, 0.1) is 5.41 Å². The van der Waals surface area contributed by atoms with E-state index in [0.717, 1.165) is 19.3 Å². The van der Waals surface area contributed by atoms with Crippen LogP contribution in [-0.2, 0) is 9.53 Å². The molecule has 1 aliphatic heterocycles. The monoisotopic (exact) mass is 204 g/mol. The van der Waals surface area contributed by atoms with Crippen molar-refractivity contribution in [3.63, 3.8) is 0 Å². The Labute approximate surface area is 68.1 Å². The van der Waals surface area contributed by atoms with Gasteiger partial charge in [-0.05, 0) is 35.2 Å². The van der Waals surface area contributed by atoms with E-state index in [1.807, 2.05) is 0 Å². The van der Waals surface area contributed by atoms with Gasteiger partial charge in [0.15, 0.2) is 0 Å². The van der Waals surface area contributed by atoms with Crippen LogP contribution in [0.5, 0.6) is 0 Å². The highest BCUT2D eigenvalue weighted by Gasteiger charge is 2.50. The van der Waals surface area contributed by atoms with E-state index in [2.05, 4.69) is 15.9 Å². The minimum atomic E-state index is -0.134. The molecule has 0 aromatic carbocycles. The molecular formula is C7H9BrO2. The van der Waals surface area contributed by atoms with Gasteiger partial charge in [-0.3, -0.25) is 4.79 Å². The molecule has 0 aromatic rings. The second-order valence-electron chi connectivity index (χ2n) is 3.23. The number of rotatable bonds is 1. The van der Waals surface area contributed by atoms with Gasteiger partial charge < -0.3 is 4.74 Å². The number of hydrogen-bond acceptors (Lipinski definition) is 2. The van der Waals surface area contributed by atoms with E-state index in [1.165, 1.54) is 0 Å². The topological polar surface area (TPSA) is 26.3 Å². The molecule has 1 saturated heterocycles. The Bertz CT molecular complexity index is 170. The number of ether oxygens (including phenoxy) is 1. The molecule has 2 bridgehead atoms. The van der Waals surface area contributed by atoms with Gasteiger partial charge in [-0.15, -0.1) is 0 Å². The van der Waals surface area contributed by atoms with Crippen LogP contribution in [0.15, 0.2) is 0 Å². The summed E-state index contributed by atoms with van der Waals surface area (Å²) in [4.78, 5) is 11.1. The van der Waals surface area contributed by atoms with E-state index in [9.17, 15) is 4.79 Å². The standard InChI is InChI=1S/C7H9BrO2/c8-6(9)7-2-1-5(3-7)10-4-7/h5H,1-4H2. The van der Waals surface area contributed by atoms with Crippen molar-refractivity contribution in [3.8, 4) is 0 Å². The van der Waals surface area contributed by atoms with Gasteiger partial charge in [0.1, 0.15) is 0 Å². The summed E-state index contributed by atoms with van der Waals surface area (Å²) in [7, 11) is 0. The summed E-state index contributed by atoms with van der Waals surface area (Å²) >= 11 is 3.03. The molecule has 1 saturated carbocycles. The molecule has 3 heteroatoms. The third-order valence-corrected chi connectivity index (χ3v) is 3.42. The third kappa shape index (κ3) is 0.768. The Morgan fingerprint density at radius 1 is 1.70 bits per heavy atom. The normalized spacial score (nSPS) is 44.3. The summed E-state index contributed by atoms with van der Waals surface area (Å²) in [6.45, 7) is 0.641. The average Bonchev–Trinajstić information content (AvgIpc) is 2.45. The number of carbonyl (C=O) groups excluding carboxylic acids is 1. The second kappa shape index (κ2) is 2.05. The summed E-state index contributed by atoms with van der Waals surface area (Å²) in [6, 6.07) is 0.